The van der Waals surface area contributed by atoms with Gasteiger partial charge in [0.1, 0.15) is 0 Å². The molecular weight excluding hydrogens is 262 g/mol. The fraction of sp³-hybridized carbons (Fsp3) is 0.467. The zero-order valence-electron chi connectivity index (χ0n) is 11.6. The van der Waals surface area contributed by atoms with Crippen LogP contribution in [-0.4, -0.2) is 17.2 Å². The van der Waals surface area contributed by atoms with Crippen LogP contribution < -0.4 is 5.32 Å². The first kappa shape index (κ1) is 15.7. The molecule has 0 bridgehead atoms. The zero-order valence-corrected chi connectivity index (χ0v) is 12.4. The Kier molecular flexibility index (Phi) is 5.55. The molecule has 0 atom stereocenters. The van der Waals surface area contributed by atoms with Gasteiger partial charge in [-0.25, -0.2) is 0 Å². The van der Waals surface area contributed by atoms with Crippen molar-refractivity contribution >= 4 is 23.3 Å². The highest BCUT2D eigenvalue weighted by molar-refractivity contribution is 6.30. The van der Waals surface area contributed by atoms with E-state index in [0.717, 1.165) is 5.56 Å². The number of nitrogens with one attached hydrogen (secondary N) is 1. The van der Waals surface area contributed by atoms with E-state index in [0.29, 0.717) is 17.9 Å². The molecule has 0 saturated carbocycles. The van der Waals surface area contributed by atoms with Crippen LogP contribution in [-0.2, 0) is 16.0 Å². The molecule has 0 aliphatic rings. The molecule has 1 N–H and O–H groups in total. The van der Waals surface area contributed by atoms with Crippen molar-refractivity contribution in [1.29, 1.82) is 0 Å². The van der Waals surface area contributed by atoms with Gasteiger partial charge >= 0.3 is 0 Å². The van der Waals surface area contributed by atoms with Gasteiger partial charge in [0, 0.05) is 5.02 Å². The number of hydrogen-bond acceptors (Lipinski definition) is 2. The van der Waals surface area contributed by atoms with Crippen LogP contribution >= 0.6 is 11.6 Å². The maximum absolute atomic E-state index is 12.0. The first-order chi connectivity index (χ1) is 8.93. The molecule has 0 spiro atoms. The normalized spacial score (nSPS) is 11.2. The molecule has 4 heteroatoms. The van der Waals surface area contributed by atoms with Crippen LogP contribution in [0.1, 0.15) is 39.2 Å². The van der Waals surface area contributed by atoms with Gasteiger partial charge in [-0.15, -0.1) is 0 Å². The smallest absolute Gasteiger partial charge is 0.225 e. The Hall–Kier alpha value is -1.35. The van der Waals surface area contributed by atoms with E-state index < -0.39 is 5.54 Å². The number of rotatable bonds is 6. The van der Waals surface area contributed by atoms with Crippen molar-refractivity contribution < 1.29 is 9.59 Å². The van der Waals surface area contributed by atoms with Gasteiger partial charge < -0.3 is 5.32 Å². The first-order valence-corrected chi connectivity index (χ1v) is 6.87. The van der Waals surface area contributed by atoms with Crippen molar-refractivity contribution in [2.75, 3.05) is 0 Å². The van der Waals surface area contributed by atoms with Crippen molar-refractivity contribution in [2.45, 2.75) is 45.6 Å². The molecule has 0 fully saturated rings. The number of halogens is 1. The van der Waals surface area contributed by atoms with Crippen molar-refractivity contribution in [3.63, 3.8) is 0 Å². The molecular formula is C15H20ClNO2. The summed E-state index contributed by atoms with van der Waals surface area (Å²) in [6.07, 6.45) is 1.46. The molecule has 19 heavy (non-hydrogen) atoms. The van der Waals surface area contributed by atoms with Gasteiger partial charge in [-0.3, -0.25) is 9.59 Å². The van der Waals surface area contributed by atoms with Crippen LogP contribution in [0.3, 0.4) is 0 Å². The van der Waals surface area contributed by atoms with Crippen LogP contribution in [0.2, 0.25) is 5.02 Å². The van der Waals surface area contributed by atoms with Gasteiger partial charge in [-0.05, 0) is 37.5 Å². The minimum absolute atomic E-state index is 0.00181. The summed E-state index contributed by atoms with van der Waals surface area (Å²) >= 11 is 5.80. The molecule has 0 aliphatic carbocycles. The van der Waals surface area contributed by atoms with Gasteiger partial charge in [-0.1, -0.05) is 37.6 Å². The van der Waals surface area contributed by atoms with E-state index in [1.807, 2.05) is 26.0 Å². The average molecular weight is 282 g/mol. The summed E-state index contributed by atoms with van der Waals surface area (Å²) in [7, 11) is 0. The lowest BCUT2D eigenvalue weighted by Gasteiger charge is -2.30. The number of carbonyl (C=O) groups excluding carboxylic acids is 2. The lowest BCUT2D eigenvalue weighted by molar-refractivity contribution is -0.131. The van der Waals surface area contributed by atoms with E-state index in [2.05, 4.69) is 5.32 Å². The predicted octanol–water partition coefficient (Wildman–Crippen LogP) is 3.15. The molecule has 0 radical (unpaired) electrons. The highest BCUT2D eigenvalue weighted by atomic mass is 35.5. The first-order valence-electron chi connectivity index (χ1n) is 6.50. The van der Waals surface area contributed by atoms with E-state index in [1.165, 1.54) is 6.92 Å². The zero-order chi connectivity index (χ0) is 14.5. The Labute approximate surface area is 119 Å². The maximum Gasteiger partial charge on any atom is 0.225 e. The van der Waals surface area contributed by atoms with Crippen molar-refractivity contribution in [3.8, 4) is 0 Å². The topological polar surface area (TPSA) is 46.2 Å². The summed E-state index contributed by atoms with van der Waals surface area (Å²) in [4.78, 5) is 23.8. The molecule has 0 aliphatic heterocycles. The molecule has 0 unspecified atom stereocenters. The predicted molar refractivity (Wildman–Crippen MR) is 77.3 cm³/mol. The van der Waals surface area contributed by atoms with Gasteiger partial charge in [0.05, 0.1) is 12.0 Å². The second-order valence-electron chi connectivity index (χ2n) is 4.70. The molecule has 1 rings (SSSR count). The summed E-state index contributed by atoms with van der Waals surface area (Å²) in [6.45, 7) is 5.34. The number of benzene rings is 1. The summed E-state index contributed by atoms with van der Waals surface area (Å²) < 4.78 is 0. The molecule has 0 aromatic heterocycles. The summed E-state index contributed by atoms with van der Waals surface area (Å²) in [6, 6.07) is 7.13. The monoisotopic (exact) mass is 281 g/mol. The van der Waals surface area contributed by atoms with Crippen LogP contribution in [0, 0.1) is 0 Å². The van der Waals surface area contributed by atoms with E-state index in [1.54, 1.807) is 12.1 Å². The van der Waals surface area contributed by atoms with Gasteiger partial charge in [0.2, 0.25) is 5.91 Å². The fourth-order valence-electron chi connectivity index (χ4n) is 2.11. The van der Waals surface area contributed by atoms with Crippen LogP contribution in [0.4, 0.5) is 0 Å². The number of hydrogen-bond donors (Lipinski definition) is 1. The lowest BCUT2D eigenvalue weighted by Crippen LogP contribution is -2.53. The quantitative estimate of drug-likeness (QED) is 0.871. The van der Waals surface area contributed by atoms with Gasteiger partial charge in [-0.2, -0.15) is 0 Å². The third-order valence-electron chi connectivity index (χ3n) is 3.54. The molecule has 1 aromatic rings. The molecule has 1 amide bonds. The van der Waals surface area contributed by atoms with E-state index in [4.69, 9.17) is 11.6 Å². The highest BCUT2D eigenvalue weighted by Crippen LogP contribution is 2.17. The van der Waals surface area contributed by atoms with Crippen molar-refractivity contribution in [2.24, 2.45) is 0 Å². The van der Waals surface area contributed by atoms with Crippen molar-refractivity contribution in [1.82, 2.24) is 5.32 Å². The number of carbonyl (C=O) groups is 2. The molecule has 3 nitrogen and oxygen atoms in total. The van der Waals surface area contributed by atoms with E-state index in [9.17, 15) is 9.59 Å². The second-order valence-corrected chi connectivity index (χ2v) is 5.13. The Morgan fingerprint density at radius 3 is 2.11 bits per heavy atom. The highest BCUT2D eigenvalue weighted by Gasteiger charge is 2.32. The van der Waals surface area contributed by atoms with Crippen molar-refractivity contribution in [3.05, 3.63) is 34.9 Å². The van der Waals surface area contributed by atoms with Gasteiger partial charge in [0.25, 0.3) is 0 Å². The standard InChI is InChI=1S/C15H20ClNO2/c1-4-15(5-2,11(3)18)17-14(19)10-12-6-8-13(16)9-7-12/h6-9H,4-5,10H2,1-3H3,(H,17,19). The molecule has 1 aromatic carbocycles. The van der Waals surface area contributed by atoms with E-state index >= 15 is 0 Å². The third kappa shape index (κ3) is 4.06. The summed E-state index contributed by atoms with van der Waals surface area (Å²) in [5.74, 6) is -0.136. The molecule has 0 heterocycles. The number of Topliss-reactive ketones (excluding diaryl/α,β-unsaturated/α-hetero) is 1. The fourth-order valence-corrected chi connectivity index (χ4v) is 2.24. The van der Waals surface area contributed by atoms with Crippen LogP contribution in [0.5, 0.6) is 0 Å². The SMILES string of the molecule is CCC(CC)(NC(=O)Cc1ccc(Cl)cc1)C(C)=O. The van der Waals surface area contributed by atoms with Crippen LogP contribution in [0.15, 0.2) is 24.3 Å². The third-order valence-corrected chi connectivity index (χ3v) is 3.79. The number of ketones is 1. The number of amides is 1. The van der Waals surface area contributed by atoms with E-state index in [-0.39, 0.29) is 18.1 Å². The Morgan fingerprint density at radius 2 is 1.68 bits per heavy atom. The Morgan fingerprint density at radius 1 is 1.16 bits per heavy atom. The van der Waals surface area contributed by atoms with Gasteiger partial charge in [0.15, 0.2) is 5.78 Å². The minimum Gasteiger partial charge on any atom is -0.343 e. The Bertz CT molecular complexity index is 450. The molecule has 104 valence electrons. The lowest BCUT2D eigenvalue weighted by atomic mass is 9.88. The maximum atomic E-state index is 12.0. The second kappa shape index (κ2) is 6.71. The van der Waals surface area contributed by atoms with Crippen LogP contribution in [0.25, 0.3) is 0 Å². The summed E-state index contributed by atoms with van der Waals surface area (Å²) in [5.41, 5.74) is 0.148. The summed E-state index contributed by atoms with van der Waals surface area (Å²) in [5, 5.41) is 3.51. The Balaban J connectivity index is 2.73. The molecule has 0 saturated heterocycles. The minimum atomic E-state index is -0.733. The average Bonchev–Trinajstić information content (AvgIpc) is 2.38. The largest absolute Gasteiger partial charge is 0.343 e.